The van der Waals surface area contributed by atoms with E-state index < -0.39 is 11.9 Å². The Balaban J connectivity index is 2.23. The second kappa shape index (κ2) is 6.78. The lowest BCUT2D eigenvalue weighted by Crippen LogP contribution is -2.36. The van der Waals surface area contributed by atoms with Gasteiger partial charge in [-0.15, -0.1) is 0 Å². The summed E-state index contributed by atoms with van der Waals surface area (Å²) in [5.74, 6) is -0.808. The van der Waals surface area contributed by atoms with Crippen molar-refractivity contribution in [3.63, 3.8) is 0 Å². The molecular weight excluding hydrogens is 355 g/mol. The van der Waals surface area contributed by atoms with Gasteiger partial charge < -0.3 is 11.1 Å². The molecular formula is C15H12BrFN2OS. The number of carbonyl (C=O) groups excluding carboxylic acids is 1. The van der Waals surface area contributed by atoms with Gasteiger partial charge in [0.15, 0.2) is 0 Å². The predicted octanol–water partition coefficient (Wildman–Crippen LogP) is 3.35. The number of amides is 1. The van der Waals surface area contributed by atoms with Crippen LogP contribution in [-0.2, 0) is 0 Å². The number of benzene rings is 2. The van der Waals surface area contributed by atoms with Crippen LogP contribution in [-0.4, -0.2) is 10.9 Å². The van der Waals surface area contributed by atoms with E-state index in [2.05, 4.69) is 21.2 Å². The lowest BCUT2D eigenvalue weighted by molar-refractivity contribution is 0.0946. The van der Waals surface area contributed by atoms with Crippen molar-refractivity contribution < 1.29 is 9.18 Å². The Bertz CT molecular complexity index is 679. The van der Waals surface area contributed by atoms with Gasteiger partial charge in [0, 0.05) is 5.56 Å². The minimum Gasteiger partial charge on any atom is -0.391 e. The number of hydrogen-bond donors (Lipinski definition) is 2. The molecule has 1 unspecified atom stereocenters. The third kappa shape index (κ3) is 3.86. The molecule has 3 N–H and O–H groups in total. The molecule has 0 radical (unpaired) electrons. The summed E-state index contributed by atoms with van der Waals surface area (Å²) in [6, 6.07) is 12.6. The number of halogens is 2. The van der Waals surface area contributed by atoms with E-state index in [9.17, 15) is 9.18 Å². The molecule has 108 valence electrons. The van der Waals surface area contributed by atoms with Gasteiger partial charge in [0.05, 0.1) is 4.47 Å². The van der Waals surface area contributed by atoms with Crippen LogP contribution in [0.2, 0.25) is 0 Å². The maximum atomic E-state index is 13.2. The first-order valence-electron chi connectivity index (χ1n) is 6.09. The van der Waals surface area contributed by atoms with Crippen molar-refractivity contribution in [3.05, 3.63) is 69.9 Å². The summed E-state index contributed by atoms with van der Waals surface area (Å²) in [5.41, 5.74) is 6.81. The molecule has 0 saturated carbocycles. The van der Waals surface area contributed by atoms with Crippen molar-refractivity contribution in [1.29, 1.82) is 0 Å². The minimum atomic E-state index is -0.572. The van der Waals surface area contributed by atoms with Gasteiger partial charge in [-0.2, -0.15) is 0 Å². The summed E-state index contributed by atoms with van der Waals surface area (Å²) >= 11 is 8.06. The topological polar surface area (TPSA) is 55.1 Å². The minimum absolute atomic E-state index is 0.163. The Kier molecular flexibility index (Phi) is 5.03. The molecule has 2 aromatic rings. The molecule has 21 heavy (non-hydrogen) atoms. The van der Waals surface area contributed by atoms with Gasteiger partial charge in [-0.05, 0) is 39.7 Å². The molecule has 0 aliphatic rings. The van der Waals surface area contributed by atoms with Crippen LogP contribution in [0.25, 0.3) is 0 Å². The van der Waals surface area contributed by atoms with Gasteiger partial charge in [0.25, 0.3) is 5.91 Å². The highest BCUT2D eigenvalue weighted by Gasteiger charge is 2.18. The Morgan fingerprint density at radius 1 is 1.24 bits per heavy atom. The highest BCUT2D eigenvalue weighted by molar-refractivity contribution is 9.10. The van der Waals surface area contributed by atoms with Crippen molar-refractivity contribution >= 4 is 39.0 Å². The Hall–Kier alpha value is -1.79. The summed E-state index contributed by atoms with van der Waals surface area (Å²) in [7, 11) is 0. The molecule has 0 saturated heterocycles. The van der Waals surface area contributed by atoms with Crippen molar-refractivity contribution in [2.45, 2.75) is 6.04 Å². The zero-order chi connectivity index (χ0) is 15.4. The molecule has 6 heteroatoms. The largest absolute Gasteiger partial charge is 0.391 e. The maximum Gasteiger partial charge on any atom is 0.252 e. The fraction of sp³-hybridized carbons (Fsp3) is 0.0667. The number of carbonyl (C=O) groups is 1. The zero-order valence-electron chi connectivity index (χ0n) is 10.8. The van der Waals surface area contributed by atoms with Crippen LogP contribution in [0.1, 0.15) is 22.0 Å². The summed E-state index contributed by atoms with van der Waals surface area (Å²) in [5, 5.41) is 2.75. The van der Waals surface area contributed by atoms with E-state index in [0.717, 1.165) is 5.56 Å². The van der Waals surface area contributed by atoms with Crippen LogP contribution in [0.4, 0.5) is 4.39 Å². The molecule has 0 aromatic heterocycles. The molecule has 1 atom stereocenters. The third-order valence-corrected chi connectivity index (χ3v) is 3.72. The molecule has 3 nitrogen and oxygen atoms in total. The molecule has 0 aliphatic carbocycles. The van der Waals surface area contributed by atoms with Crippen molar-refractivity contribution in [1.82, 2.24) is 5.32 Å². The Labute approximate surface area is 135 Å². The van der Waals surface area contributed by atoms with Crippen molar-refractivity contribution in [2.24, 2.45) is 5.73 Å². The molecule has 0 aliphatic heterocycles. The number of rotatable bonds is 4. The lowest BCUT2D eigenvalue weighted by atomic mass is 10.1. The fourth-order valence-electron chi connectivity index (χ4n) is 1.82. The SMILES string of the molecule is NC(=S)C(NC(=O)c1ccc(F)c(Br)c1)c1ccccc1. The second-order valence-electron chi connectivity index (χ2n) is 4.35. The van der Waals surface area contributed by atoms with Crippen LogP contribution in [0, 0.1) is 5.82 Å². The molecule has 2 aromatic carbocycles. The lowest BCUT2D eigenvalue weighted by Gasteiger charge is -2.18. The first-order valence-corrected chi connectivity index (χ1v) is 7.29. The number of nitrogens with one attached hydrogen (secondary N) is 1. The summed E-state index contributed by atoms with van der Waals surface area (Å²) in [6.07, 6.45) is 0. The van der Waals surface area contributed by atoms with Gasteiger partial charge in [-0.1, -0.05) is 42.5 Å². The van der Waals surface area contributed by atoms with Crippen molar-refractivity contribution in [2.75, 3.05) is 0 Å². The van der Waals surface area contributed by atoms with Crippen LogP contribution >= 0.6 is 28.1 Å². The summed E-state index contributed by atoms with van der Waals surface area (Å²) in [6.45, 7) is 0. The molecule has 0 fully saturated rings. The van der Waals surface area contributed by atoms with E-state index in [1.54, 1.807) is 0 Å². The van der Waals surface area contributed by atoms with Gasteiger partial charge in [-0.3, -0.25) is 4.79 Å². The van der Waals surface area contributed by atoms with E-state index in [4.69, 9.17) is 18.0 Å². The average Bonchev–Trinajstić information content (AvgIpc) is 2.48. The normalized spacial score (nSPS) is 11.7. The third-order valence-electron chi connectivity index (χ3n) is 2.87. The highest BCUT2D eigenvalue weighted by Crippen LogP contribution is 2.18. The van der Waals surface area contributed by atoms with Crippen LogP contribution in [0.3, 0.4) is 0 Å². The molecule has 2 rings (SSSR count). The average molecular weight is 367 g/mol. The van der Waals surface area contributed by atoms with Crippen LogP contribution in [0.5, 0.6) is 0 Å². The smallest absolute Gasteiger partial charge is 0.252 e. The fourth-order valence-corrected chi connectivity index (χ4v) is 2.39. The van der Waals surface area contributed by atoms with E-state index in [0.29, 0.717) is 5.56 Å². The summed E-state index contributed by atoms with van der Waals surface area (Å²) in [4.78, 5) is 12.4. The van der Waals surface area contributed by atoms with E-state index >= 15 is 0 Å². The molecule has 1 amide bonds. The molecule has 0 bridgehead atoms. The van der Waals surface area contributed by atoms with E-state index in [-0.39, 0.29) is 15.4 Å². The highest BCUT2D eigenvalue weighted by atomic mass is 79.9. The Morgan fingerprint density at radius 3 is 2.48 bits per heavy atom. The van der Waals surface area contributed by atoms with Gasteiger partial charge in [-0.25, -0.2) is 4.39 Å². The second-order valence-corrected chi connectivity index (χ2v) is 5.67. The number of thiocarbonyl (C=S) groups is 1. The quantitative estimate of drug-likeness (QED) is 0.815. The maximum absolute atomic E-state index is 13.2. The van der Waals surface area contributed by atoms with E-state index in [1.165, 1.54) is 18.2 Å². The standard InChI is InChI=1S/C15H12BrFN2OS/c16-11-8-10(6-7-12(11)17)15(20)19-13(14(18)21)9-4-2-1-3-5-9/h1-8,13H,(H2,18,21)(H,19,20). The van der Waals surface area contributed by atoms with E-state index in [1.807, 2.05) is 30.3 Å². The molecule has 0 spiro atoms. The van der Waals surface area contributed by atoms with Crippen molar-refractivity contribution in [3.8, 4) is 0 Å². The van der Waals surface area contributed by atoms with Gasteiger partial charge in [0.1, 0.15) is 16.8 Å². The first kappa shape index (κ1) is 15.6. The monoisotopic (exact) mass is 366 g/mol. The predicted molar refractivity (Wildman–Crippen MR) is 87.5 cm³/mol. The first-order chi connectivity index (χ1) is 9.99. The van der Waals surface area contributed by atoms with Gasteiger partial charge in [0.2, 0.25) is 0 Å². The van der Waals surface area contributed by atoms with Gasteiger partial charge >= 0.3 is 0 Å². The molecule has 0 heterocycles. The zero-order valence-corrected chi connectivity index (χ0v) is 13.2. The van der Waals surface area contributed by atoms with Crippen LogP contribution < -0.4 is 11.1 Å². The summed E-state index contributed by atoms with van der Waals surface area (Å²) < 4.78 is 13.4. The Morgan fingerprint density at radius 2 is 1.90 bits per heavy atom. The number of nitrogens with two attached hydrogens (primary N) is 1. The van der Waals surface area contributed by atoms with Crippen LogP contribution in [0.15, 0.2) is 53.0 Å². The number of hydrogen-bond acceptors (Lipinski definition) is 2.